The summed E-state index contributed by atoms with van der Waals surface area (Å²) in [4.78, 5) is 7.27. The lowest BCUT2D eigenvalue weighted by Gasteiger charge is -2.15. The molecule has 1 aromatic heterocycles. The molecule has 0 fully saturated rings. The number of benzene rings is 1. The van der Waals surface area contributed by atoms with E-state index >= 15 is 0 Å². The van der Waals surface area contributed by atoms with Gasteiger partial charge in [-0.05, 0) is 36.2 Å². The minimum Gasteiger partial charge on any atom is -0.361 e. The molecule has 0 saturated carbocycles. The molecule has 1 atom stereocenters. The van der Waals surface area contributed by atoms with E-state index in [2.05, 4.69) is 15.3 Å². The van der Waals surface area contributed by atoms with Crippen molar-refractivity contribution in [3.05, 3.63) is 52.9 Å². The second-order valence-corrected chi connectivity index (χ2v) is 4.09. The summed E-state index contributed by atoms with van der Waals surface area (Å²) in [6.45, 7) is 1.81. The largest absolute Gasteiger partial charge is 0.361 e. The number of nitrogens with zero attached hydrogens (tertiary/aromatic N) is 2. The quantitative estimate of drug-likeness (QED) is 0.866. The van der Waals surface area contributed by atoms with Crippen molar-refractivity contribution in [3.63, 3.8) is 0 Å². The molecule has 6 heteroatoms. The number of aromatic nitrogens is 2. The van der Waals surface area contributed by atoms with Crippen molar-refractivity contribution in [1.29, 1.82) is 0 Å². The van der Waals surface area contributed by atoms with Crippen molar-refractivity contribution in [2.45, 2.75) is 13.0 Å². The molecule has 0 amide bonds. The Morgan fingerprint density at radius 1 is 1.22 bits per heavy atom. The van der Waals surface area contributed by atoms with Crippen LogP contribution in [-0.4, -0.2) is 9.97 Å². The summed E-state index contributed by atoms with van der Waals surface area (Å²) < 4.78 is 26.2. The molecule has 0 aliphatic rings. The second kappa shape index (κ2) is 5.27. The van der Waals surface area contributed by atoms with Gasteiger partial charge in [0.2, 0.25) is 5.28 Å². The van der Waals surface area contributed by atoms with Gasteiger partial charge in [0.05, 0.1) is 12.2 Å². The van der Waals surface area contributed by atoms with Gasteiger partial charge in [-0.15, -0.1) is 0 Å². The van der Waals surface area contributed by atoms with Crippen molar-refractivity contribution >= 4 is 17.4 Å². The monoisotopic (exact) mass is 269 g/mol. The fourth-order valence-electron chi connectivity index (χ4n) is 1.49. The van der Waals surface area contributed by atoms with E-state index in [1.165, 1.54) is 12.1 Å². The van der Waals surface area contributed by atoms with E-state index in [4.69, 9.17) is 11.6 Å². The van der Waals surface area contributed by atoms with Crippen molar-refractivity contribution in [1.82, 2.24) is 9.97 Å². The number of hydrogen-bond acceptors (Lipinski definition) is 3. The van der Waals surface area contributed by atoms with Crippen LogP contribution in [0.5, 0.6) is 0 Å². The van der Waals surface area contributed by atoms with Gasteiger partial charge >= 0.3 is 0 Å². The van der Waals surface area contributed by atoms with Crippen LogP contribution >= 0.6 is 11.6 Å². The van der Waals surface area contributed by atoms with Gasteiger partial charge in [0.1, 0.15) is 5.82 Å². The molecule has 1 aromatic carbocycles. The maximum Gasteiger partial charge on any atom is 0.224 e. The first-order valence-electron chi connectivity index (χ1n) is 5.26. The predicted octanol–water partition coefficient (Wildman–Crippen LogP) is 3.58. The van der Waals surface area contributed by atoms with Crippen LogP contribution in [0.3, 0.4) is 0 Å². The molecule has 94 valence electrons. The molecule has 0 spiro atoms. The molecule has 18 heavy (non-hydrogen) atoms. The molecule has 2 aromatic rings. The van der Waals surface area contributed by atoms with Crippen LogP contribution in [0.1, 0.15) is 18.5 Å². The Morgan fingerprint density at radius 2 is 1.89 bits per heavy atom. The second-order valence-electron chi connectivity index (χ2n) is 3.75. The van der Waals surface area contributed by atoms with Gasteiger partial charge in [-0.1, -0.05) is 12.1 Å². The lowest BCUT2D eigenvalue weighted by molar-refractivity contribution is 0.612. The summed E-state index contributed by atoms with van der Waals surface area (Å²) in [5, 5.41) is 2.82. The molecular formula is C12H10ClF2N3. The minimum atomic E-state index is -0.589. The van der Waals surface area contributed by atoms with Crippen LogP contribution in [0.15, 0.2) is 30.5 Å². The highest BCUT2D eigenvalue weighted by molar-refractivity contribution is 6.28. The average Bonchev–Trinajstić information content (AvgIpc) is 2.34. The molecule has 1 heterocycles. The molecule has 0 bridgehead atoms. The van der Waals surface area contributed by atoms with Crippen LogP contribution in [0.25, 0.3) is 0 Å². The third-order valence-corrected chi connectivity index (χ3v) is 2.62. The highest BCUT2D eigenvalue weighted by atomic mass is 35.5. The Kier molecular flexibility index (Phi) is 3.72. The maximum absolute atomic E-state index is 13.4. The van der Waals surface area contributed by atoms with Crippen LogP contribution in [0.4, 0.5) is 14.6 Å². The third kappa shape index (κ3) is 2.92. The molecule has 0 saturated heterocycles. The number of anilines is 1. The highest BCUT2D eigenvalue weighted by Crippen LogP contribution is 2.20. The Hall–Kier alpha value is -1.75. The lowest BCUT2D eigenvalue weighted by atomic mass is 10.1. The zero-order valence-corrected chi connectivity index (χ0v) is 10.2. The molecule has 0 radical (unpaired) electrons. The van der Waals surface area contributed by atoms with E-state index in [0.29, 0.717) is 0 Å². The number of rotatable bonds is 3. The minimum absolute atomic E-state index is 0.0202. The fraction of sp³-hybridized carbons (Fsp3) is 0.167. The Morgan fingerprint density at radius 3 is 2.56 bits per heavy atom. The van der Waals surface area contributed by atoms with Crippen molar-refractivity contribution in [2.24, 2.45) is 0 Å². The topological polar surface area (TPSA) is 37.8 Å². The van der Waals surface area contributed by atoms with E-state index in [9.17, 15) is 8.78 Å². The molecule has 2 rings (SSSR count). The average molecular weight is 270 g/mol. The smallest absolute Gasteiger partial charge is 0.224 e. The van der Waals surface area contributed by atoms with E-state index in [1.807, 2.05) is 6.92 Å². The van der Waals surface area contributed by atoms with Gasteiger partial charge in [-0.3, -0.25) is 0 Å². The fourth-order valence-corrected chi connectivity index (χ4v) is 1.62. The first-order valence-corrected chi connectivity index (χ1v) is 5.64. The van der Waals surface area contributed by atoms with E-state index in [0.717, 1.165) is 11.8 Å². The SMILES string of the molecule is CC(Nc1nc(Cl)ncc1F)c1ccc(F)cc1. The van der Waals surface area contributed by atoms with Crippen LogP contribution in [0, 0.1) is 11.6 Å². The van der Waals surface area contributed by atoms with E-state index in [-0.39, 0.29) is 23.0 Å². The zero-order chi connectivity index (χ0) is 13.1. The van der Waals surface area contributed by atoms with Crippen molar-refractivity contribution in [2.75, 3.05) is 5.32 Å². The van der Waals surface area contributed by atoms with Gasteiger partial charge in [0, 0.05) is 0 Å². The summed E-state index contributed by atoms with van der Waals surface area (Å²) in [6.07, 6.45) is 0.995. The van der Waals surface area contributed by atoms with Gasteiger partial charge in [0.25, 0.3) is 0 Å². The molecule has 3 nitrogen and oxygen atoms in total. The number of nitrogens with one attached hydrogen (secondary N) is 1. The van der Waals surface area contributed by atoms with E-state index < -0.39 is 5.82 Å². The summed E-state index contributed by atoms with van der Waals surface area (Å²) in [7, 11) is 0. The van der Waals surface area contributed by atoms with Gasteiger partial charge in [0.15, 0.2) is 11.6 Å². The summed E-state index contributed by atoms with van der Waals surface area (Å²) in [5.41, 5.74) is 0.811. The molecule has 0 aliphatic carbocycles. The summed E-state index contributed by atoms with van der Waals surface area (Å²) in [6, 6.07) is 5.70. The summed E-state index contributed by atoms with van der Waals surface area (Å²) in [5.74, 6) is -0.887. The third-order valence-electron chi connectivity index (χ3n) is 2.44. The van der Waals surface area contributed by atoms with Crippen molar-refractivity contribution < 1.29 is 8.78 Å². The number of hydrogen-bond donors (Lipinski definition) is 1. The number of halogens is 3. The lowest BCUT2D eigenvalue weighted by Crippen LogP contribution is -2.10. The van der Waals surface area contributed by atoms with Gasteiger partial charge in [-0.2, -0.15) is 4.98 Å². The first-order chi connectivity index (χ1) is 8.56. The van der Waals surface area contributed by atoms with Crippen LogP contribution in [-0.2, 0) is 0 Å². The molecule has 1 N–H and O–H groups in total. The molecule has 0 aliphatic heterocycles. The standard InChI is InChI=1S/C12H10ClF2N3/c1-7(8-2-4-9(14)5-3-8)17-11-10(15)6-16-12(13)18-11/h2-7H,1H3,(H,16,17,18). The predicted molar refractivity (Wildman–Crippen MR) is 65.4 cm³/mol. The normalized spacial score (nSPS) is 12.2. The van der Waals surface area contributed by atoms with Crippen LogP contribution in [0.2, 0.25) is 5.28 Å². The van der Waals surface area contributed by atoms with E-state index in [1.54, 1.807) is 12.1 Å². The Balaban J connectivity index is 2.18. The maximum atomic E-state index is 13.4. The van der Waals surface area contributed by atoms with Crippen molar-refractivity contribution in [3.8, 4) is 0 Å². The Bertz CT molecular complexity index is 546. The first kappa shape index (κ1) is 12.7. The summed E-state index contributed by atoms with van der Waals surface area (Å²) >= 11 is 5.59. The molecule has 1 unspecified atom stereocenters. The molecular weight excluding hydrogens is 260 g/mol. The Labute approximate surface area is 108 Å². The zero-order valence-electron chi connectivity index (χ0n) is 9.49. The van der Waals surface area contributed by atoms with Gasteiger partial charge < -0.3 is 5.32 Å². The van der Waals surface area contributed by atoms with Crippen LogP contribution < -0.4 is 5.32 Å². The van der Waals surface area contributed by atoms with Gasteiger partial charge in [-0.25, -0.2) is 13.8 Å². The highest BCUT2D eigenvalue weighted by Gasteiger charge is 2.11.